The number of anilines is 1. The van der Waals surface area contributed by atoms with E-state index in [2.05, 4.69) is 17.9 Å². The van der Waals surface area contributed by atoms with Gasteiger partial charge in [0, 0.05) is 18.5 Å². The maximum absolute atomic E-state index is 6.41. The quantitative estimate of drug-likeness (QED) is 0.684. The van der Waals surface area contributed by atoms with Crippen LogP contribution in [0.4, 0.5) is 5.69 Å². The zero-order valence-corrected chi connectivity index (χ0v) is 12.5. The number of hydrogen-bond acceptors (Lipinski definition) is 1. The van der Waals surface area contributed by atoms with Crippen molar-refractivity contribution in [3.05, 3.63) is 28.8 Å². The van der Waals surface area contributed by atoms with Gasteiger partial charge in [-0.25, -0.2) is 0 Å². The van der Waals surface area contributed by atoms with Crippen molar-refractivity contribution in [3.8, 4) is 0 Å². The molecule has 0 N–H and O–H groups in total. The predicted molar refractivity (Wildman–Crippen MR) is 80.9 cm³/mol. The van der Waals surface area contributed by atoms with Crippen LogP contribution in [-0.2, 0) is 5.88 Å². The molecule has 1 nitrogen and oxygen atoms in total. The molecule has 1 aromatic carbocycles. The summed E-state index contributed by atoms with van der Waals surface area (Å²) in [6.07, 6.45) is 6.34. The van der Waals surface area contributed by atoms with E-state index < -0.39 is 0 Å². The van der Waals surface area contributed by atoms with Crippen molar-refractivity contribution in [1.82, 2.24) is 0 Å². The number of benzene rings is 1. The molecule has 1 aliphatic heterocycles. The van der Waals surface area contributed by atoms with Crippen LogP contribution in [-0.4, -0.2) is 12.6 Å². The summed E-state index contributed by atoms with van der Waals surface area (Å²) in [7, 11) is 0. The summed E-state index contributed by atoms with van der Waals surface area (Å²) in [5, 5.41) is 0.844. The Kier molecular flexibility index (Phi) is 5.20. The molecule has 0 spiro atoms. The molecule has 1 unspecified atom stereocenters. The van der Waals surface area contributed by atoms with Gasteiger partial charge >= 0.3 is 0 Å². The lowest BCUT2D eigenvalue weighted by molar-refractivity contribution is 0.434. The third kappa shape index (κ3) is 2.95. The van der Waals surface area contributed by atoms with Gasteiger partial charge in [-0.1, -0.05) is 37.1 Å². The van der Waals surface area contributed by atoms with E-state index in [1.807, 2.05) is 12.1 Å². The highest BCUT2D eigenvalue weighted by atomic mass is 35.5. The first-order valence-corrected chi connectivity index (χ1v) is 7.79. The second kappa shape index (κ2) is 6.68. The number of halogens is 2. The number of hydrogen-bond donors (Lipinski definition) is 0. The number of piperidine rings is 1. The highest BCUT2D eigenvalue weighted by Gasteiger charge is 2.25. The maximum Gasteiger partial charge on any atom is 0.0642 e. The monoisotopic (exact) mass is 285 g/mol. The minimum Gasteiger partial charge on any atom is -0.367 e. The van der Waals surface area contributed by atoms with Crippen LogP contribution in [0.3, 0.4) is 0 Å². The zero-order chi connectivity index (χ0) is 13.0. The van der Waals surface area contributed by atoms with Crippen LogP contribution in [0.2, 0.25) is 5.02 Å². The first-order chi connectivity index (χ1) is 8.77. The third-order valence-electron chi connectivity index (χ3n) is 3.75. The molecule has 1 heterocycles. The van der Waals surface area contributed by atoms with Crippen molar-refractivity contribution >= 4 is 28.9 Å². The molecule has 1 aliphatic rings. The van der Waals surface area contributed by atoms with Crippen molar-refractivity contribution in [2.45, 2.75) is 50.9 Å². The summed E-state index contributed by atoms with van der Waals surface area (Å²) < 4.78 is 0. The molecule has 0 saturated carbocycles. The average Bonchev–Trinajstić information content (AvgIpc) is 2.40. The van der Waals surface area contributed by atoms with Gasteiger partial charge in [0.2, 0.25) is 0 Å². The summed E-state index contributed by atoms with van der Waals surface area (Å²) in [5.41, 5.74) is 2.33. The Labute approximate surface area is 120 Å². The first kappa shape index (κ1) is 14.0. The van der Waals surface area contributed by atoms with Crippen LogP contribution in [0.25, 0.3) is 0 Å². The lowest BCUT2D eigenvalue weighted by atomic mass is 9.96. The number of alkyl halides is 1. The SMILES string of the molecule is CCCC1CCCCN1c1c(Cl)cccc1CCl. The van der Waals surface area contributed by atoms with E-state index in [1.54, 1.807) is 0 Å². The molecule has 0 aromatic heterocycles. The normalized spacial score (nSPS) is 20.2. The maximum atomic E-state index is 6.41. The summed E-state index contributed by atoms with van der Waals surface area (Å²) in [5.74, 6) is 0.533. The molecule has 3 heteroatoms. The Morgan fingerprint density at radius 2 is 2.17 bits per heavy atom. The molecule has 0 amide bonds. The molecule has 18 heavy (non-hydrogen) atoms. The molecule has 1 aromatic rings. The molecular formula is C15H21Cl2N. The van der Waals surface area contributed by atoms with E-state index in [1.165, 1.54) is 37.8 Å². The number of para-hydroxylation sites is 1. The molecule has 0 radical (unpaired) electrons. The van der Waals surface area contributed by atoms with E-state index >= 15 is 0 Å². The van der Waals surface area contributed by atoms with Crippen molar-refractivity contribution < 1.29 is 0 Å². The van der Waals surface area contributed by atoms with E-state index in [9.17, 15) is 0 Å². The van der Waals surface area contributed by atoms with E-state index in [-0.39, 0.29) is 0 Å². The van der Waals surface area contributed by atoms with Gasteiger partial charge in [-0.2, -0.15) is 0 Å². The van der Waals surface area contributed by atoms with Gasteiger partial charge in [-0.3, -0.25) is 0 Å². The second-order valence-corrected chi connectivity index (χ2v) is 5.69. The lowest BCUT2D eigenvalue weighted by Gasteiger charge is -2.39. The highest BCUT2D eigenvalue weighted by Crippen LogP contribution is 2.36. The molecule has 2 rings (SSSR count). The largest absolute Gasteiger partial charge is 0.367 e. The smallest absolute Gasteiger partial charge is 0.0642 e. The topological polar surface area (TPSA) is 3.24 Å². The van der Waals surface area contributed by atoms with E-state index in [0.29, 0.717) is 11.9 Å². The van der Waals surface area contributed by atoms with Crippen LogP contribution in [0, 0.1) is 0 Å². The van der Waals surface area contributed by atoms with Gasteiger partial charge in [0.15, 0.2) is 0 Å². The van der Waals surface area contributed by atoms with Gasteiger partial charge in [0.1, 0.15) is 0 Å². The summed E-state index contributed by atoms with van der Waals surface area (Å²) in [6.45, 7) is 3.36. The Hall–Kier alpha value is -0.400. The van der Waals surface area contributed by atoms with Crippen molar-refractivity contribution in [2.24, 2.45) is 0 Å². The molecule has 0 bridgehead atoms. The molecule has 1 fully saturated rings. The molecular weight excluding hydrogens is 265 g/mol. The van der Waals surface area contributed by atoms with Crippen molar-refractivity contribution in [2.75, 3.05) is 11.4 Å². The van der Waals surface area contributed by atoms with Crippen molar-refractivity contribution in [3.63, 3.8) is 0 Å². The minimum absolute atomic E-state index is 0.533. The second-order valence-electron chi connectivity index (χ2n) is 5.01. The predicted octanol–water partition coefficient (Wildman–Crippen LogP) is 5.24. The lowest BCUT2D eigenvalue weighted by Crippen LogP contribution is -2.40. The van der Waals surface area contributed by atoms with Crippen molar-refractivity contribution in [1.29, 1.82) is 0 Å². The minimum atomic E-state index is 0.533. The van der Waals surface area contributed by atoms with Crippen LogP contribution in [0.5, 0.6) is 0 Å². The third-order valence-corrected chi connectivity index (χ3v) is 4.34. The Morgan fingerprint density at radius 3 is 2.89 bits per heavy atom. The summed E-state index contributed by atoms with van der Waals surface area (Å²) >= 11 is 12.5. The zero-order valence-electron chi connectivity index (χ0n) is 11.0. The standard InChI is InChI=1S/C15H21Cl2N/c1-2-6-13-8-3-4-10-18(13)15-12(11-16)7-5-9-14(15)17/h5,7,9,13H,2-4,6,8,10-11H2,1H3. The van der Waals surface area contributed by atoms with Crippen LogP contribution in [0.1, 0.15) is 44.6 Å². The Bertz CT molecular complexity index is 390. The fourth-order valence-corrected chi connectivity index (χ4v) is 3.44. The summed E-state index contributed by atoms with van der Waals surface area (Å²) in [4.78, 5) is 2.49. The molecule has 0 aliphatic carbocycles. The van der Waals surface area contributed by atoms with Gasteiger partial charge in [-0.05, 0) is 37.3 Å². The Morgan fingerprint density at radius 1 is 1.33 bits per heavy atom. The van der Waals surface area contributed by atoms with Gasteiger partial charge in [0.25, 0.3) is 0 Å². The molecule has 1 saturated heterocycles. The Balaban J connectivity index is 2.32. The van der Waals surface area contributed by atoms with Crippen LogP contribution in [0.15, 0.2) is 18.2 Å². The average molecular weight is 286 g/mol. The highest BCUT2D eigenvalue weighted by molar-refractivity contribution is 6.33. The first-order valence-electron chi connectivity index (χ1n) is 6.88. The fourth-order valence-electron chi connectivity index (χ4n) is 2.92. The molecule has 1 atom stereocenters. The van der Waals surface area contributed by atoms with Gasteiger partial charge in [-0.15, -0.1) is 11.6 Å². The van der Waals surface area contributed by atoms with Gasteiger partial charge in [0.05, 0.1) is 10.7 Å². The van der Waals surface area contributed by atoms with Gasteiger partial charge < -0.3 is 4.90 Å². The number of nitrogens with zero attached hydrogens (tertiary/aromatic N) is 1. The number of rotatable bonds is 4. The van der Waals surface area contributed by atoms with Crippen LogP contribution < -0.4 is 4.90 Å². The summed E-state index contributed by atoms with van der Waals surface area (Å²) in [6, 6.07) is 6.68. The van der Waals surface area contributed by atoms with E-state index in [0.717, 1.165) is 17.1 Å². The fraction of sp³-hybridized carbons (Fsp3) is 0.600. The van der Waals surface area contributed by atoms with Crippen LogP contribution >= 0.6 is 23.2 Å². The molecule has 100 valence electrons. The van der Waals surface area contributed by atoms with E-state index in [4.69, 9.17) is 23.2 Å².